The Bertz CT molecular complexity index is 843. The van der Waals surface area contributed by atoms with Crippen LogP contribution >= 0.6 is 11.3 Å². The maximum atomic E-state index is 12.6. The molecule has 140 valence electrons. The summed E-state index contributed by atoms with van der Waals surface area (Å²) in [5.74, 6) is -0.970. The van der Waals surface area contributed by atoms with E-state index < -0.39 is 16.0 Å². The first-order chi connectivity index (χ1) is 12.5. The molecular weight excluding hydrogens is 372 g/mol. The molecule has 0 aliphatic carbocycles. The Kier molecular flexibility index (Phi) is 6.08. The Labute approximate surface area is 157 Å². The summed E-state index contributed by atoms with van der Waals surface area (Å²) in [5.41, 5.74) is 1.09. The van der Waals surface area contributed by atoms with Crippen molar-refractivity contribution in [2.45, 2.75) is 29.5 Å². The van der Waals surface area contributed by atoms with E-state index in [-0.39, 0.29) is 16.7 Å². The molecule has 1 aliphatic rings. The third kappa shape index (κ3) is 4.70. The Morgan fingerprint density at radius 2 is 1.85 bits per heavy atom. The van der Waals surface area contributed by atoms with Gasteiger partial charge in [0.1, 0.15) is 4.21 Å². The zero-order valence-corrected chi connectivity index (χ0v) is 15.9. The van der Waals surface area contributed by atoms with Crippen molar-refractivity contribution in [3.05, 3.63) is 52.9 Å². The first-order valence-corrected chi connectivity index (χ1v) is 10.8. The molecule has 1 unspecified atom stereocenters. The van der Waals surface area contributed by atoms with E-state index in [2.05, 4.69) is 9.62 Å². The summed E-state index contributed by atoms with van der Waals surface area (Å²) in [6, 6.07) is 12.9. The number of sulfonamides is 1. The third-order valence-corrected chi connectivity index (χ3v) is 7.46. The number of nitrogens with zero attached hydrogens (tertiary/aromatic N) is 1. The molecule has 0 amide bonds. The number of likely N-dealkylation sites (tertiary alicyclic amines) is 1. The van der Waals surface area contributed by atoms with Gasteiger partial charge in [-0.3, -0.25) is 9.69 Å². The summed E-state index contributed by atoms with van der Waals surface area (Å²) < 4.78 is 28.1. The number of hydrogen-bond acceptors (Lipinski definition) is 5. The normalized spacial score (nSPS) is 16.6. The molecule has 3 rings (SSSR count). The molecule has 1 aliphatic heterocycles. The molecule has 2 aromatic rings. The minimum absolute atomic E-state index is 0.00747. The summed E-state index contributed by atoms with van der Waals surface area (Å²) in [4.78, 5) is 13.6. The number of thiophene rings is 1. The number of rotatable bonds is 8. The SMILES string of the molecule is O=C(O)Cc1ccc(S(=O)(=O)NCC(c2ccccc2)N2CCCC2)s1. The second kappa shape index (κ2) is 8.30. The van der Waals surface area contributed by atoms with Crippen molar-refractivity contribution in [2.75, 3.05) is 19.6 Å². The molecule has 6 nitrogen and oxygen atoms in total. The van der Waals surface area contributed by atoms with Crippen LogP contribution in [0, 0.1) is 0 Å². The number of benzene rings is 1. The molecule has 1 atom stereocenters. The topological polar surface area (TPSA) is 86.7 Å². The summed E-state index contributed by atoms with van der Waals surface area (Å²) in [5, 5.41) is 8.84. The summed E-state index contributed by atoms with van der Waals surface area (Å²) in [6.45, 7) is 2.21. The van der Waals surface area contributed by atoms with Gasteiger partial charge in [0.05, 0.1) is 6.42 Å². The van der Waals surface area contributed by atoms with E-state index in [4.69, 9.17) is 5.11 Å². The average Bonchev–Trinajstić information content (AvgIpc) is 3.28. The van der Waals surface area contributed by atoms with Gasteiger partial charge in [-0.05, 0) is 43.6 Å². The highest BCUT2D eigenvalue weighted by atomic mass is 32.2. The Balaban J connectivity index is 1.73. The van der Waals surface area contributed by atoms with Crippen LogP contribution < -0.4 is 4.72 Å². The van der Waals surface area contributed by atoms with Crippen LogP contribution in [0.1, 0.15) is 29.3 Å². The first kappa shape index (κ1) is 19.0. The smallest absolute Gasteiger partial charge is 0.308 e. The molecule has 1 aromatic carbocycles. The molecule has 2 heterocycles. The first-order valence-electron chi connectivity index (χ1n) is 8.55. The molecular formula is C18H22N2O4S2. The van der Waals surface area contributed by atoms with Gasteiger partial charge in [0.15, 0.2) is 0 Å². The van der Waals surface area contributed by atoms with E-state index in [0.717, 1.165) is 42.8 Å². The molecule has 0 bridgehead atoms. The number of nitrogens with one attached hydrogen (secondary N) is 1. The maximum absolute atomic E-state index is 12.6. The fourth-order valence-electron chi connectivity index (χ4n) is 3.19. The molecule has 2 N–H and O–H groups in total. The molecule has 1 saturated heterocycles. The minimum Gasteiger partial charge on any atom is -0.481 e. The van der Waals surface area contributed by atoms with Gasteiger partial charge in [-0.15, -0.1) is 11.3 Å². The van der Waals surface area contributed by atoms with Gasteiger partial charge in [0.25, 0.3) is 0 Å². The maximum Gasteiger partial charge on any atom is 0.308 e. The minimum atomic E-state index is -3.66. The van der Waals surface area contributed by atoms with Crippen LogP contribution in [0.4, 0.5) is 0 Å². The number of carboxylic acids is 1. The van der Waals surface area contributed by atoms with Crippen molar-refractivity contribution in [1.29, 1.82) is 0 Å². The van der Waals surface area contributed by atoms with Crippen molar-refractivity contribution >= 4 is 27.3 Å². The fourth-order valence-corrected chi connectivity index (χ4v) is 5.62. The van der Waals surface area contributed by atoms with E-state index >= 15 is 0 Å². The van der Waals surface area contributed by atoms with Crippen molar-refractivity contribution in [1.82, 2.24) is 9.62 Å². The second-order valence-electron chi connectivity index (χ2n) is 6.31. The zero-order chi connectivity index (χ0) is 18.6. The van der Waals surface area contributed by atoms with Crippen LogP contribution in [0.2, 0.25) is 0 Å². The van der Waals surface area contributed by atoms with Crippen molar-refractivity contribution in [2.24, 2.45) is 0 Å². The molecule has 8 heteroatoms. The largest absolute Gasteiger partial charge is 0.481 e. The molecule has 0 saturated carbocycles. The highest BCUT2D eigenvalue weighted by molar-refractivity contribution is 7.91. The van der Waals surface area contributed by atoms with Crippen LogP contribution in [0.5, 0.6) is 0 Å². The summed E-state index contributed by atoms with van der Waals surface area (Å²) in [6.07, 6.45) is 2.08. The molecule has 0 spiro atoms. The number of hydrogen-bond donors (Lipinski definition) is 2. The average molecular weight is 395 g/mol. The van der Waals surface area contributed by atoms with E-state index in [1.165, 1.54) is 6.07 Å². The zero-order valence-electron chi connectivity index (χ0n) is 14.3. The number of aliphatic carboxylic acids is 1. The Morgan fingerprint density at radius 3 is 2.50 bits per heavy atom. The highest BCUT2D eigenvalue weighted by Crippen LogP contribution is 2.26. The lowest BCUT2D eigenvalue weighted by Gasteiger charge is -2.28. The van der Waals surface area contributed by atoms with Crippen LogP contribution in [0.25, 0.3) is 0 Å². The summed E-state index contributed by atoms with van der Waals surface area (Å²) in [7, 11) is -3.66. The van der Waals surface area contributed by atoms with Crippen LogP contribution in [0.3, 0.4) is 0 Å². The van der Waals surface area contributed by atoms with Gasteiger partial charge < -0.3 is 5.11 Å². The molecule has 26 heavy (non-hydrogen) atoms. The Morgan fingerprint density at radius 1 is 1.15 bits per heavy atom. The monoisotopic (exact) mass is 394 g/mol. The lowest BCUT2D eigenvalue weighted by Crippen LogP contribution is -2.36. The van der Waals surface area contributed by atoms with E-state index in [9.17, 15) is 13.2 Å². The van der Waals surface area contributed by atoms with Gasteiger partial charge in [-0.1, -0.05) is 30.3 Å². The van der Waals surface area contributed by atoms with Gasteiger partial charge in [-0.25, -0.2) is 13.1 Å². The van der Waals surface area contributed by atoms with Gasteiger partial charge in [0, 0.05) is 17.5 Å². The fraction of sp³-hybridized carbons (Fsp3) is 0.389. The van der Waals surface area contributed by atoms with Crippen LogP contribution in [-0.2, 0) is 21.2 Å². The standard InChI is InChI=1S/C18H22N2O4S2/c21-17(22)12-15-8-9-18(25-15)26(23,24)19-13-16(20-10-4-5-11-20)14-6-2-1-3-7-14/h1-3,6-9,16,19H,4-5,10-13H2,(H,21,22). The Hall–Kier alpha value is -1.74. The van der Waals surface area contributed by atoms with Crippen LogP contribution in [-0.4, -0.2) is 44.0 Å². The second-order valence-corrected chi connectivity index (χ2v) is 9.47. The van der Waals surface area contributed by atoms with Crippen molar-refractivity contribution < 1.29 is 18.3 Å². The third-order valence-electron chi connectivity index (χ3n) is 4.46. The predicted octanol–water partition coefficient (Wildman–Crippen LogP) is 2.49. The molecule has 1 aromatic heterocycles. The van der Waals surface area contributed by atoms with E-state index in [0.29, 0.717) is 11.4 Å². The van der Waals surface area contributed by atoms with Gasteiger partial charge in [0.2, 0.25) is 10.0 Å². The van der Waals surface area contributed by atoms with Gasteiger partial charge in [-0.2, -0.15) is 0 Å². The van der Waals surface area contributed by atoms with E-state index in [1.54, 1.807) is 6.07 Å². The lowest BCUT2D eigenvalue weighted by atomic mass is 10.1. The predicted molar refractivity (Wildman–Crippen MR) is 101 cm³/mol. The quantitative estimate of drug-likeness (QED) is 0.718. The summed E-state index contributed by atoms with van der Waals surface area (Å²) >= 11 is 1.00. The van der Waals surface area contributed by atoms with Crippen LogP contribution in [0.15, 0.2) is 46.7 Å². The number of carboxylic acid groups (broad SMARTS) is 1. The van der Waals surface area contributed by atoms with E-state index in [1.807, 2.05) is 30.3 Å². The van der Waals surface area contributed by atoms with Crippen molar-refractivity contribution in [3.8, 4) is 0 Å². The molecule has 0 radical (unpaired) electrons. The highest BCUT2D eigenvalue weighted by Gasteiger charge is 2.26. The van der Waals surface area contributed by atoms with Crippen molar-refractivity contribution in [3.63, 3.8) is 0 Å². The molecule has 1 fully saturated rings. The number of carbonyl (C=O) groups is 1. The van der Waals surface area contributed by atoms with Gasteiger partial charge >= 0.3 is 5.97 Å². The lowest BCUT2D eigenvalue weighted by molar-refractivity contribution is -0.136.